The van der Waals surface area contributed by atoms with Crippen molar-refractivity contribution in [1.29, 1.82) is 0 Å². The molecule has 3 aromatic carbocycles. The second-order valence-electron chi connectivity index (χ2n) is 8.90. The molecule has 2 aromatic heterocycles. The van der Waals surface area contributed by atoms with E-state index in [-0.39, 0.29) is 5.75 Å². The van der Waals surface area contributed by atoms with Gasteiger partial charge in [-0.1, -0.05) is 18.2 Å². The van der Waals surface area contributed by atoms with Gasteiger partial charge in [-0.05, 0) is 85.7 Å². The van der Waals surface area contributed by atoms with Crippen molar-refractivity contribution in [3.63, 3.8) is 0 Å². The smallest absolute Gasteiger partial charge is 0.406 e. The lowest BCUT2D eigenvalue weighted by Crippen LogP contribution is -2.24. The molecular formula is C28H23F3N6OS. The molecule has 11 heteroatoms. The molecule has 5 rings (SSSR count). The summed E-state index contributed by atoms with van der Waals surface area (Å²) in [6.45, 7) is 4.01. The summed E-state index contributed by atoms with van der Waals surface area (Å²) >= 11 is 5.36. The first-order valence-corrected chi connectivity index (χ1v) is 12.3. The van der Waals surface area contributed by atoms with Gasteiger partial charge in [0.05, 0.1) is 23.1 Å². The Bertz CT molecular complexity index is 1710. The normalized spacial score (nSPS) is 11.8. The van der Waals surface area contributed by atoms with E-state index in [2.05, 4.69) is 30.7 Å². The van der Waals surface area contributed by atoms with Gasteiger partial charge in [0.2, 0.25) is 0 Å². The number of nitrogens with zero attached hydrogens (tertiary/aromatic N) is 4. The fourth-order valence-electron chi connectivity index (χ4n) is 4.42. The summed E-state index contributed by atoms with van der Waals surface area (Å²) in [5.41, 5.74) is 9.48. The molecule has 39 heavy (non-hydrogen) atoms. The zero-order chi connectivity index (χ0) is 27.7. The van der Waals surface area contributed by atoms with Crippen LogP contribution in [0.15, 0.2) is 71.8 Å². The largest absolute Gasteiger partial charge is 0.573 e. The van der Waals surface area contributed by atoms with Gasteiger partial charge in [-0.2, -0.15) is 10.2 Å². The van der Waals surface area contributed by atoms with Crippen molar-refractivity contribution in [1.82, 2.24) is 20.2 Å². The lowest BCUT2D eigenvalue weighted by molar-refractivity contribution is -0.274. The number of nitrogens with one attached hydrogen (secondary N) is 2. The molecule has 5 aromatic rings. The molecule has 7 nitrogen and oxygen atoms in total. The zero-order valence-electron chi connectivity index (χ0n) is 21.2. The van der Waals surface area contributed by atoms with Crippen LogP contribution in [0.2, 0.25) is 0 Å². The highest BCUT2D eigenvalue weighted by Gasteiger charge is 2.31. The number of aryl methyl sites for hydroxylation is 3. The minimum absolute atomic E-state index is 0.280. The number of pyridine rings is 1. The Morgan fingerprint density at radius 3 is 2.36 bits per heavy atom. The van der Waals surface area contributed by atoms with E-state index in [9.17, 15) is 13.2 Å². The second kappa shape index (κ2) is 10.3. The molecule has 0 aliphatic rings. The Labute approximate surface area is 227 Å². The van der Waals surface area contributed by atoms with Gasteiger partial charge in [0.15, 0.2) is 5.11 Å². The molecule has 0 bridgehead atoms. The molecule has 0 atom stereocenters. The van der Waals surface area contributed by atoms with Gasteiger partial charge in [-0.25, -0.2) is 4.98 Å². The van der Waals surface area contributed by atoms with Crippen molar-refractivity contribution in [3.05, 3.63) is 83.6 Å². The Morgan fingerprint density at radius 2 is 1.67 bits per heavy atom. The van der Waals surface area contributed by atoms with Gasteiger partial charge < -0.3 is 10.1 Å². The van der Waals surface area contributed by atoms with Gasteiger partial charge in [0.1, 0.15) is 11.3 Å². The molecule has 0 unspecified atom stereocenters. The topological polar surface area (TPSA) is 76.4 Å². The average Bonchev–Trinajstić information content (AvgIpc) is 3.22. The van der Waals surface area contributed by atoms with Crippen LogP contribution in [-0.2, 0) is 7.05 Å². The van der Waals surface area contributed by atoms with Crippen LogP contribution in [0.5, 0.6) is 5.75 Å². The first kappa shape index (κ1) is 26.1. The van der Waals surface area contributed by atoms with E-state index in [1.54, 1.807) is 30.1 Å². The maximum absolute atomic E-state index is 12.5. The van der Waals surface area contributed by atoms with E-state index in [1.807, 2.05) is 56.3 Å². The molecule has 0 aliphatic heterocycles. The van der Waals surface area contributed by atoms with Crippen LogP contribution in [0, 0.1) is 13.8 Å². The third-order valence-corrected chi connectivity index (χ3v) is 6.33. The highest BCUT2D eigenvalue weighted by molar-refractivity contribution is 7.80. The minimum Gasteiger partial charge on any atom is -0.406 e. The average molecular weight is 549 g/mol. The number of hydrogen-bond donors (Lipinski definition) is 2. The molecule has 0 saturated carbocycles. The van der Waals surface area contributed by atoms with Gasteiger partial charge in [0.25, 0.3) is 0 Å². The van der Waals surface area contributed by atoms with Gasteiger partial charge >= 0.3 is 6.36 Å². The first-order chi connectivity index (χ1) is 18.6. The highest BCUT2D eigenvalue weighted by Crippen LogP contribution is 2.33. The molecule has 0 amide bonds. The Balaban J connectivity index is 1.36. The molecule has 2 N–H and O–H groups in total. The third-order valence-electron chi connectivity index (χ3n) is 6.14. The van der Waals surface area contributed by atoms with E-state index in [4.69, 9.17) is 12.2 Å². The summed E-state index contributed by atoms with van der Waals surface area (Å²) in [7, 11) is 1.79. The molecule has 0 fully saturated rings. The number of fused-ring (bicyclic) bond motifs is 3. The van der Waals surface area contributed by atoms with E-state index in [1.165, 1.54) is 12.1 Å². The Kier molecular flexibility index (Phi) is 6.92. The number of ether oxygens (including phenoxy) is 1. The minimum atomic E-state index is -4.74. The lowest BCUT2D eigenvalue weighted by Gasteiger charge is -2.12. The summed E-state index contributed by atoms with van der Waals surface area (Å²) in [4.78, 5) is 4.67. The van der Waals surface area contributed by atoms with Crippen LogP contribution in [0.4, 0.5) is 18.9 Å². The van der Waals surface area contributed by atoms with Gasteiger partial charge in [-0.15, -0.1) is 13.2 Å². The van der Waals surface area contributed by atoms with Crippen LogP contribution < -0.4 is 15.5 Å². The number of halogens is 3. The van der Waals surface area contributed by atoms with Crippen molar-refractivity contribution in [2.75, 3.05) is 5.32 Å². The molecule has 2 heterocycles. The summed E-state index contributed by atoms with van der Waals surface area (Å²) < 4.78 is 43.2. The van der Waals surface area contributed by atoms with E-state index < -0.39 is 6.36 Å². The number of rotatable bonds is 5. The molecule has 198 valence electrons. The standard InChI is InChI=1S/C28H23F3N6OS/c1-16-5-4-6-17(2)24(16)34-27(39)35-32-15-19-9-12-21-23(33-19)14-13-22-25(21)36-37(3)26(22)18-7-10-20(11-8-18)38-28(29,30)31/h4-15H,1-3H3,(H2,34,35,39)/b32-15+. The van der Waals surface area contributed by atoms with Crippen LogP contribution in [0.25, 0.3) is 33.1 Å². The van der Waals surface area contributed by atoms with Crippen molar-refractivity contribution in [3.8, 4) is 17.0 Å². The van der Waals surface area contributed by atoms with Crippen LogP contribution in [0.3, 0.4) is 0 Å². The van der Waals surface area contributed by atoms with Crippen molar-refractivity contribution in [2.45, 2.75) is 20.2 Å². The van der Waals surface area contributed by atoms with Crippen molar-refractivity contribution >= 4 is 51.0 Å². The zero-order valence-corrected chi connectivity index (χ0v) is 22.0. The lowest BCUT2D eigenvalue weighted by atomic mass is 10.0. The fourth-order valence-corrected chi connectivity index (χ4v) is 4.57. The maximum Gasteiger partial charge on any atom is 0.573 e. The van der Waals surface area contributed by atoms with E-state index in [0.29, 0.717) is 16.4 Å². The van der Waals surface area contributed by atoms with Crippen LogP contribution in [0.1, 0.15) is 16.8 Å². The number of aromatic nitrogens is 3. The number of hydrazone groups is 1. The number of hydrogen-bond acceptors (Lipinski definition) is 5. The third kappa shape index (κ3) is 5.68. The van der Waals surface area contributed by atoms with Crippen molar-refractivity contribution < 1.29 is 17.9 Å². The SMILES string of the molecule is Cc1cccc(C)c1NC(=S)N/N=C/c1ccc2c(ccc3c(-c4ccc(OC(F)(F)F)cc4)n(C)nc32)n1. The number of alkyl halides is 3. The number of thiocarbonyl (C=S) groups is 1. The van der Waals surface area contributed by atoms with Crippen LogP contribution >= 0.6 is 12.2 Å². The Morgan fingerprint density at radius 1 is 0.974 bits per heavy atom. The predicted molar refractivity (Wildman–Crippen MR) is 151 cm³/mol. The summed E-state index contributed by atoms with van der Waals surface area (Å²) in [5.74, 6) is -0.280. The molecular weight excluding hydrogens is 525 g/mol. The molecule has 0 aliphatic carbocycles. The van der Waals surface area contributed by atoms with Crippen molar-refractivity contribution in [2.24, 2.45) is 12.1 Å². The van der Waals surface area contributed by atoms with Gasteiger partial charge in [0, 0.05) is 29.1 Å². The second-order valence-corrected chi connectivity index (χ2v) is 9.31. The fraction of sp³-hybridized carbons (Fsp3) is 0.143. The van der Waals surface area contributed by atoms with Gasteiger partial charge in [-0.3, -0.25) is 10.1 Å². The van der Waals surface area contributed by atoms with Crippen LogP contribution in [-0.4, -0.2) is 32.5 Å². The summed E-state index contributed by atoms with van der Waals surface area (Å²) in [5, 5.41) is 14.1. The molecule has 0 spiro atoms. The van der Waals surface area contributed by atoms with E-state index >= 15 is 0 Å². The number of anilines is 1. The van der Waals surface area contributed by atoms with E-state index in [0.717, 1.165) is 44.3 Å². The Hall–Kier alpha value is -4.51. The molecule has 0 radical (unpaired) electrons. The monoisotopic (exact) mass is 548 g/mol. The number of benzene rings is 3. The highest BCUT2D eigenvalue weighted by atomic mass is 32.1. The molecule has 0 saturated heterocycles. The summed E-state index contributed by atoms with van der Waals surface area (Å²) in [6.07, 6.45) is -3.16. The number of para-hydroxylation sites is 1. The quantitative estimate of drug-likeness (QED) is 0.146. The maximum atomic E-state index is 12.5. The summed E-state index contributed by atoms with van der Waals surface area (Å²) in [6, 6.07) is 19.2. The predicted octanol–water partition coefficient (Wildman–Crippen LogP) is 6.62. The first-order valence-electron chi connectivity index (χ1n) is 11.9.